The van der Waals surface area contributed by atoms with Crippen molar-refractivity contribution in [3.63, 3.8) is 0 Å². The van der Waals surface area contributed by atoms with Crippen molar-refractivity contribution in [2.45, 2.75) is 52.6 Å². The van der Waals surface area contributed by atoms with Gasteiger partial charge in [0.1, 0.15) is 12.4 Å². The normalized spacial score (nSPS) is 11.5. The molecule has 2 rings (SSSR count). The van der Waals surface area contributed by atoms with Crippen molar-refractivity contribution < 1.29 is 33.6 Å². The van der Waals surface area contributed by atoms with E-state index in [9.17, 15) is 14.7 Å². The van der Waals surface area contributed by atoms with Crippen molar-refractivity contribution in [3.05, 3.63) is 53.6 Å². The molecule has 0 saturated carbocycles. The zero-order valence-electron chi connectivity index (χ0n) is 21.1. The summed E-state index contributed by atoms with van der Waals surface area (Å²) in [7, 11) is 1.54. The van der Waals surface area contributed by atoms with Crippen molar-refractivity contribution in [2.24, 2.45) is 0 Å². The third kappa shape index (κ3) is 9.48. The van der Waals surface area contributed by atoms with E-state index in [1.165, 1.54) is 0 Å². The van der Waals surface area contributed by atoms with Crippen molar-refractivity contribution >= 4 is 12.1 Å². The van der Waals surface area contributed by atoms with Crippen molar-refractivity contribution in [2.75, 3.05) is 33.4 Å². The number of benzene rings is 2. The van der Waals surface area contributed by atoms with Crippen molar-refractivity contribution in [1.82, 2.24) is 4.90 Å². The van der Waals surface area contributed by atoms with Crippen LogP contribution in [0.25, 0.3) is 0 Å². The molecule has 1 amide bonds. The van der Waals surface area contributed by atoms with Gasteiger partial charge in [0, 0.05) is 19.6 Å². The minimum Gasteiger partial charge on any atom is -0.493 e. The molecule has 0 spiro atoms. The number of nitrogens with zero attached hydrogens (tertiary/aromatic N) is 1. The molecule has 1 unspecified atom stereocenters. The van der Waals surface area contributed by atoms with Gasteiger partial charge < -0.3 is 29.0 Å². The molecule has 0 aromatic heterocycles. The highest BCUT2D eigenvalue weighted by Crippen LogP contribution is 2.28. The Morgan fingerprint density at radius 1 is 1.00 bits per heavy atom. The number of aryl methyl sites for hydroxylation is 1. The second-order valence-electron chi connectivity index (χ2n) is 8.20. The summed E-state index contributed by atoms with van der Waals surface area (Å²) < 4.78 is 22.1. The predicted octanol–water partition coefficient (Wildman–Crippen LogP) is 5.11. The zero-order valence-corrected chi connectivity index (χ0v) is 21.1. The number of aliphatic carboxylic acids is 1. The standard InChI is InChI=1S/C27H37NO7/c1-5-7-8-15-28(27(31)35-24-18-20(3)9-14-23(24)32-4)16-17-34-22-12-10-21(11-13-22)19-25(26(29)30)33-6-2/h9-14,18,25H,5-8,15-17,19H2,1-4H3,(H,29,30). The third-order valence-corrected chi connectivity index (χ3v) is 5.42. The highest BCUT2D eigenvalue weighted by Gasteiger charge is 2.19. The lowest BCUT2D eigenvalue weighted by molar-refractivity contribution is -0.149. The average Bonchev–Trinajstić information content (AvgIpc) is 2.84. The van der Waals surface area contributed by atoms with Crippen LogP contribution >= 0.6 is 0 Å². The maximum atomic E-state index is 12.9. The van der Waals surface area contributed by atoms with Crippen LogP contribution in [0, 0.1) is 6.92 Å². The Labute approximate surface area is 207 Å². The molecule has 0 saturated heterocycles. The van der Waals surface area contributed by atoms with Gasteiger partial charge in [0.25, 0.3) is 0 Å². The lowest BCUT2D eigenvalue weighted by Crippen LogP contribution is -2.37. The minimum absolute atomic E-state index is 0.281. The molecule has 0 aliphatic heterocycles. The lowest BCUT2D eigenvalue weighted by Gasteiger charge is -2.23. The van der Waals surface area contributed by atoms with Gasteiger partial charge in [0.05, 0.1) is 13.7 Å². The average molecular weight is 488 g/mol. The number of carboxylic acids is 1. The Hall–Kier alpha value is -3.26. The predicted molar refractivity (Wildman–Crippen MR) is 134 cm³/mol. The first kappa shape index (κ1) is 28.0. The molecule has 0 aliphatic rings. The maximum Gasteiger partial charge on any atom is 0.415 e. The first-order chi connectivity index (χ1) is 16.9. The number of amides is 1. The first-order valence-corrected chi connectivity index (χ1v) is 12.0. The molecule has 0 fully saturated rings. The van der Waals surface area contributed by atoms with Gasteiger partial charge in [-0.05, 0) is 55.7 Å². The van der Waals surface area contributed by atoms with E-state index in [0.717, 1.165) is 30.4 Å². The van der Waals surface area contributed by atoms with E-state index < -0.39 is 18.2 Å². The largest absolute Gasteiger partial charge is 0.493 e. The van der Waals surface area contributed by atoms with Crippen LogP contribution in [0.1, 0.15) is 44.2 Å². The fraction of sp³-hybridized carbons (Fsp3) is 0.481. The lowest BCUT2D eigenvalue weighted by atomic mass is 10.1. The van der Waals surface area contributed by atoms with Crippen molar-refractivity contribution in [3.8, 4) is 17.2 Å². The van der Waals surface area contributed by atoms with E-state index in [1.54, 1.807) is 43.2 Å². The van der Waals surface area contributed by atoms with E-state index in [4.69, 9.17) is 18.9 Å². The second-order valence-corrected chi connectivity index (χ2v) is 8.20. The summed E-state index contributed by atoms with van der Waals surface area (Å²) in [6.07, 6.45) is 1.89. The summed E-state index contributed by atoms with van der Waals surface area (Å²) in [5.41, 5.74) is 1.81. The van der Waals surface area contributed by atoms with Crippen LogP contribution in [-0.2, 0) is 16.0 Å². The Morgan fingerprint density at radius 3 is 2.37 bits per heavy atom. The monoisotopic (exact) mass is 487 g/mol. The maximum absolute atomic E-state index is 12.9. The van der Waals surface area contributed by atoms with Crippen LogP contribution in [0.3, 0.4) is 0 Å². The van der Waals surface area contributed by atoms with Gasteiger partial charge >= 0.3 is 12.1 Å². The quantitative estimate of drug-likeness (QED) is 0.349. The second kappa shape index (κ2) is 14.9. The minimum atomic E-state index is -0.981. The van der Waals surface area contributed by atoms with Crippen LogP contribution in [0.5, 0.6) is 17.2 Å². The summed E-state index contributed by atoms with van der Waals surface area (Å²) in [5.74, 6) is 0.550. The first-order valence-electron chi connectivity index (χ1n) is 12.0. The molecule has 1 atom stereocenters. The molecular formula is C27H37NO7. The van der Waals surface area contributed by atoms with Crippen LogP contribution in [0.15, 0.2) is 42.5 Å². The molecule has 2 aromatic rings. The van der Waals surface area contributed by atoms with Crippen LogP contribution in [0.4, 0.5) is 4.79 Å². The highest BCUT2D eigenvalue weighted by molar-refractivity contribution is 5.73. The highest BCUT2D eigenvalue weighted by atomic mass is 16.6. The molecule has 0 radical (unpaired) electrons. The number of ether oxygens (including phenoxy) is 4. The van der Waals surface area contributed by atoms with Crippen LogP contribution in [-0.4, -0.2) is 61.6 Å². The van der Waals surface area contributed by atoms with E-state index in [0.29, 0.717) is 43.6 Å². The Bertz CT molecular complexity index is 930. The van der Waals surface area contributed by atoms with E-state index >= 15 is 0 Å². The molecule has 1 N–H and O–H groups in total. The van der Waals surface area contributed by atoms with Gasteiger partial charge in [-0.3, -0.25) is 0 Å². The number of unbranched alkanes of at least 4 members (excludes halogenated alkanes) is 2. The zero-order chi connectivity index (χ0) is 25.6. The summed E-state index contributed by atoms with van der Waals surface area (Å²) >= 11 is 0. The number of carboxylic acid groups (broad SMARTS) is 1. The van der Waals surface area contributed by atoms with Gasteiger partial charge in [-0.25, -0.2) is 9.59 Å². The van der Waals surface area contributed by atoms with E-state index in [1.807, 2.05) is 25.1 Å². The Morgan fingerprint density at radius 2 is 1.74 bits per heavy atom. The van der Waals surface area contributed by atoms with Crippen LogP contribution in [0.2, 0.25) is 0 Å². The fourth-order valence-corrected chi connectivity index (χ4v) is 3.50. The number of hydrogen-bond acceptors (Lipinski definition) is 6. The molecule has 192 valence electrons. The topological polar surface area (TPSA) is 94.5 Å². The molecule has 8 heteroatoms. The number of rotatable bonds is 15. The summed E-state index contributed by atoms with van der Waals surface area (Å²) in [6.45, 7) is 7.37. The van der Waals surface area contributed by atoms with E-state index in [2.05, 4.69) is 6.92 Å². The molecule has 8 nitrogen and oxygen atoms in total. The number of carbonyl (C=O) groups excluding carboxylic acids is 1. The summed E-state index contributed by atoms with van der Waals surface area (Å²) in [6, 6.07) is 12.7. The Kier molecular flexibility index (Phi) is 11.9. The van der Waals surface area contributed by atoms with Gasteiger partial charge in [-0.2, -0.15) is 0 Å². The van der Waals surface area contributed by atoms with E-state index in [-0.39, 0.29) is 6.42 Å². The Balaban J connectivity index is 1.96. The van der Waals surface area contributed by atoms with Gasteiger partial charge in [-0.1, -0.05) is 38.0 Å². The molecule has 35 heavy (non-hydrogen) atoms. The SMILES string of the molecule is CCCCCN(CCOc1ccc(CC(OCC)C(=O)O)cc1)C(=O)Oc1cc(C)ccc1OC. The molecule has 0 heterocycles. The van der Waals surface area contributed by atoms with Crippen LogP contribution < -0.4 is 14.2 Å². The molecule has 0 bridgehead atoms. The number of methoxy groups -OCH3 is 1. The third-order valence-electron chi connectivity index (χ3n) is 5.42. The summed E-state index contributed by atoms with van der Waals surface area (Å²) in [5, 5.41) is 9.25. The summed E-state index contributed by atoms with van der Waals surface area (Å²) in [4.78, 5) is 25.8. The van der Waals surface area contributed by atoms with Gasteiger partial charge in [0.2, 0.25) is 0 Å². The molecule has 0 aliphatic carbocycles. The van der Waals surface area contributed by atoms with Crippen molar-refractivity contribution in [1.29, 1.82) is 0 Å². The molecular weight excluding hydrogens is 450 g/mol. The smallest absolute Gasteiger partial charge is 0.415 e. The van der Waals surface area contributed by atoms with Gasteiger partial charge in [0.15, 0.2) is 17.6 Å². The number of carbonyl (C=O) groups is 2. The number of hydrogen-bond donors (Lipinski definition) is 1. The van der Waals surface area contributed by atoms with Gasteiger partial charge in [-0.15, -0.1) is 0 Å². The molecule has 2 aromatic carbocycles. The fourth-order valence-electron chi connectivity index (χ4n) is 3.50.